The maximum Gasteiger partial charge on any atom is -0.00268 e. The Kier molecular flexibility index (Phi) is 6.91. The summed E-state index contributed by atoms with van der Waals surface area (Å²) >= 11 is 0. The first-order valence-corrected chi connectivity index (χ1v) is 16.6. The van der Waals surface area contributed by atoms with E-state index in [1.807, 2.05) is 0 Å². The van der Waals surface area contributed by atoms with Crippen molar-refractivity contribution in [3.63, 3.8) is 0 Å². The lowest BCUT2D eigenvalue weighted by molar-refractivity contribution is 1.76. The van der Waals surface area contributed by atoms with Crippen molar-refractivity contribution >= 4 is 86.2 Å². The molecule has 0 unspecified atom stereocenters. The molecule has 0 N–H and O–H groups in total. The smallest absolute Gasteiger partial charge is 0.00268 e. The summed E-state index contributed by atoms with van der Waals surface area (Å²) < 4.78 is 0. The van der Waals surface area contributed by atoms with Gasteiger partial charge in [0.15, 0.2) is 0 Å². The van der Waals surface area contributed by atoms with Crippen LogP contribution in [0.1, 0.15) is 0 Å². The zero-order chi connectivity index (χ0) is 31.9. The summed E-state index contributed by atoms with van der Waals surface area (Å²) in [6.45, 7) is 0. The summed E-state index contributed by atoms with van der Waals surface area (Å²) in [7, 11) is 0. The number of benzene rings is 11. The molecule has 0 nitrogen and oxygen atoms in total. The van der Waals surface area contributed by atoms with Crippen LogP contribution in [0.2, 0.25) is 0 Å². The predicted octanol–water partition coefficient (Wildman–Crippen LogP) is 13.7. The molecule has 11 aromatic carbocycles. The summed E-state index contributed by atoms with van der Waals surface area (Å²) in [6.07, 6.45) is 0. The van der Waals surface area contributed by atoms with Gasteiger partial charge in [0.05, 0.1) is 0 Å². The van der Waals surface area contributed by atoms with Gasteiger partial charge in [-0.15, -0.1) is 0 Å². The minimum Gasteiger partial charge on any atom is -0.0616 e. The summed E-state index contributed by atoms with van der Waals surface area (Å²) in [5.74, 6) is 0. The Balaban J connectivity index is 0.0000000988. The fraction of sp³-hybridized carbons (Fsp3) is 0. The lowest BCUT2D eigenvalue weighted by Crippen LogP contribution is -1.82. The Hall–Kier alpha value is -6.24. The third kappa shape index (κ3) is 4.87. The largest absolute Gasteiger partial charge is 0.0616 e. The van der Waals surface area contributed by atoms with Crippen molar-refractivity contribution in [3.8, 4) is 0 Å². The van der Waals surface area contributed by atoms with Gasteiger partial charge in [-0.25, -0.2) is 0 Å². The van der Waals surface area contributed by atoms with Gasteiger partial charge in [-0.3, -0.25) is 0 Å². The zero-order valence-corrected chi connectivity index (χ0v) is 26.5. The molecule has 0 fully saturated rings. The van der Waals surface area contributed by atoms with E-state index in [0.29, 0.717) is 0 Å². The number of hydrogen-bond acceptors (Lipinski definition) is 0. The quantitative estimate of drug-likeness (QED) is 0.150. The third-order valence-corrected chi connectivity index (χ3v) is 9.70. The van der Waals surface area contributed by atoms with Gasteiger partial charge < -0.3 is 0 Å². The van der Waals surface area contributed by atoms with E-state index < -0.39 is 0 Å². The Morgan fingerprint density at radius 2 is 0.375 bits per heavy atom. The van der Waals surface area contributed by atoms with E-state index in [1.165, 1.54) is 86.2 Å². The highest BCUT2D eigenvalue weighted by Crippen LogP contribution is 2.34. The molecule has 224 valence electrons. The van der Waals surface area contributed by atoms with Crippen LogP contribution in [0.3, 0.4) is 0 Å². The second-order valence-corrected chi connectivity index (χ2v) is 12.5. The van der Waals surface area contributed by atoms with E-state index in [9.17, 15) is 0 Å². The molecular formula is C48H32. The molecule has 0 bridgehead atoms. The molecular weight excluding hydrogens is 577 g/mol. The Labute approximate surface area is 279 Å². The SMILES string of the molecule is c1cc2ccc3cccc4ccc(c1)c2c34.c1ccc2c(c1)ccc1c3ccccc3ccc21.c1ccc2c(c1)ccc1ccccc12. The van der Waals surface area contributed by atoms with Crippen LogP contribution < -0.4 is 0 Å². The van der Waals surface area contributed by atoms with Crippen LogP contribution in [0, 0.1) is 0 Å². The maximum absolute atomic E-state index is 2.24. The summed E-state index contributed by atoms with van der Waals surface area (Å²) in [5.41, 5.74) is 0. The Morgan fingerprint density at radius 1 is 0.146 bits per heavy atom. The summed E-state index contributed by atoms with van der Waals surface area (Å²) in [5, 5.41) is 21.4. The van der Waals surface area contributed by atoms with Gasteiger partial charge in [0.2, 0.25) is 0 Å². The summed E-state index contributed by atoms with van der Waals surface area (Å²) in [6, 6.07) is 69.3. The molecule has 11 aromatic rings. The molecule has 11 rings (SSSR count). The van der Waals surface area contributed by atoms with E-state index in [-0.39, 0.29) is 0 Å². The average Bonchev–Trinajstić information content (AvgIpc) is 3.17. The molecule has 0 aliphatic heterocycles. The Morgan fingerprint density at radius 3 is 0.708 bits per heavy atom. The molecule has 0 amide bonds. The van der Waals surface area contributed by atoms with Crippen molar-refractivity contribution in [1.82, 2.24) is 0 Å². The highest BCUT2D eigenvalue weighted by atomic mass is 14.1. The first-order chi connectivity index (χ1) is 23.8. The molecule has 0 saturated heterocycles. The van der Waals surface area contributed by atoms with E-state index in [4.69, 9.17) is 0 Å². The van der Waals surface area contributed by atoms with Crippen molar-refractivity contribution < 1.29 is 0 Å². The standard InChI is InChI=1S/C18H12.C16H10.C14H10/c1-3-7-15-13(5-1)9-11-18-16-8-4-2-6-14(16)10-12-17(15)18;1-3-11-7-9-13-5-2-6-14-10-8-12(4-1)15(11)16(13)14;1-3-7-13-11(5-1)9-10-12-6-2-4-8-14(12)13/h1-12H;1-10H;1-10H. The maximum atomic E-state index is 2.24. The predicted molar refractivity (Wildman–Crippen MR) is 211 cm³/mol. The Bertz CT molecular complexity index is 2640. The zero-order valence-electron chi connectivity index (χ0n) is 26.5. The first kappa shape index (κ1) is 28.0. The monoisotopic (exact) mass is 608 g/mol. The topological polar surface area (TPSA) is 0 Å². The van der Waals surface area contributed by atoms with Gasteiger partial charge in [0.1, 0.15) is 0 Å². The molecule has 0 atom stereocenters. The van der Waals surface area contributed by atoms with Gasteiger partial charge in [0, 0.05) is 0 Å². The van der Waals surface area contributed by atoms with Crippen LogP contribution >= 0.6 is 0 Å². The van der Waals surface area contributed by atoms with Crippen LogP contribution in [0.25, 0.3) is 86.2 Å². The van der Waals surface area contributed by atoms with Crippen LogP contribution in [0.5, 0.6) is 0 Å². The van der Waals surface area contributed by atoms with Crippen molar-refractivity contribution in [2.75, 3.05) is 0 Å². The minimum atomic E-state index is 1.31. The second kappa shape index (κ2) is 11.8. The van der Waals surface area contributed by atoms with Gasteiger partial charge in [-0.2, -0.15) is 0 Å². The first-order valence-electron chi connectivity index (χ1n) is 16.6. The van der Waals surface area contributed by atoms with Crippen LogP contribution in [0.4, 0.5) is 0 Å². The molecule has 48 heavy (non-hydrogen) atoms. The van der Waals surface area contributed by atoms with E-state index in [0.717, 1.165) is 0 Å². The van der Waals surface area contributed by atoms with Crippen molar-refractivity contribution in [1.29, 1.82) is 0 Å². The normalized spacial score (nSPS) is 11.3. The lowest BCUT2D eigenvalue weighted by atomic mass is 9.95. The fourth-order valence-electron chi connectivity index (χ4n) is 7.40. The van der Waals surface area contributed by atoms with E-state index in [1.54, 1.807) is 0 Å². The number of fused-ring (bicyclic) bond motifs is 8. The number of rotatable bonds is 0. The lowest BCUT2D eigenvalue weighted by Gasteiger charge is -2.09. The molecule has 0 saturated carbocycles. The van der Waals surface area contributed by atoms with E-state index in [2.05, 4.69) is 194 Å². The highest BCUT2D eigenvalue weighted by Gasteiger charge is 2.06. The summed E-state index contributed by atoms with van der Waals surface area (Å²) in [4.78, 5) is 0. The van der Waals surface area contributed by atoms with Crippen molar-refractivity contribution in [3.05, 3.63) is 194 Å². The molecule has 0 aliphatic rings. The van der Waals surface area contributed by atoms with Gasteiger partial charge in [0.25, 0.3) is 0 Å². The van der Waals surface area contributed by atoms with Gasteiger partial charge in [-0.1, -0.05) is 194 Å². The molecule has 0 heteroatoms. The molecule has 0 heterocycles. The molecule has 0 radical (unpaired) electrons. The van der Waals surface area contributed by atoms with Crippen LogP contribution in [0.15, 0.2) is 194 Å². The number of hydrogen-bond donors (Lipinski definition) is 0. The van der Waals surface area contributed by atoms with Crippen LogP contribution in [-0.2, 0) is 0 Å². The van der Waals surface area contributed by atoms with Gasteiger partial charge >= 0.3 is 0 Å². The molecule has 0 aromatic heterocycles. The minimum absolute atomic E-state index is 1.31. The highest BCUT2D eigenvalue weighted by molar-refractivity contribution is 6.23. The second-order valence-electron chi connectivity index (χ2n) is 12.5. The fourth-order valence-corrected chi connectivity index (χ4v) is 7.40. The molecule has 0 aliphatic carbocycles. The van der Waals surface area contributed by atoms with Gasteiger partial charge in [-0.05, 0) is 86.2 Å². The molecule has 0 spiro atoms. The van der Waals surface area contributed by atoms with Crippen molar-refractivity contribution in [2.45, 2.75) is 0 Å². The van der Waals surface area contributed by atoms with E-state index >= 15 is 0 Å². The average molecular weight is 609 g/mol. The van der Waals surface area contributed by atoms with Crippen molar-refractivity contribution in [2.24, 2.45) is 0 Å². The van der Waals surface area contributed by atoms with Crippen LogP contribution in [-0.4, -0.2) is 0 Å². The third-order valence-electron chi connectivity index (χ3n) is 9.70.